The molecule has 1 fully saturated rings. The number of β-amino-alcohol motifs (C(OH)–C–C–N with tert-alkyl or cyclic N) is 1. The lowest BCUT2D eigenvalue weighted by molar-refractivity contribution is -0.130. The third-order valence-electron chi connectivity index (χ3n) is 4.60. The van der Waals surface area contributed by atoms with E-state index in [4.69, 9.17) is 4.74 Å². The highest BCUT2D eigenvalue weighted by molar-refractivity contribution is 5.75. The molecule has 1 atom stereocenters. The molecule has 0 bridgehead atoms. The predicted octanol–water partition coefficient (Wildman–Crippen LogP) is 1.93. The third kappa shape index (κ3) is 6.13. The van der Waals surface area contributed by atoms with E-state index in [1.54, 1.807) is 4.90 Å². The first-order valence-corrected chi connectivity index (χ1v) is 8.74. The van der Waals surface area contributed by atoms with E-state index in [0.717, 1.165) is 31.7 Å². The van der Waals surface area contributed by atoms with E-state index >= 15 is 0 Å². The molecule has 0 aliphatic carbocycles. The highest BCUT2D eigenvalue weighted by Crippen LogP contribution is 2.21. The number of benzene rings is 1. The van der Waals surface area contributed by atoms with Crippen molar-refractivity contribution in [1.82, 2.24) is 9.80 Å². The Bertz CT molecular complexity index is 508. The molecule has 1 heterocycles. The summed E-state index contributed by atoms with van der Waals surface area (Å²) in [6.07, 6.45) is 2.18. The molecule has 134 valence electrons. The van der Waals surface area contributed by atoms with Crippen molar-refractivity contribution in [3.63, 3.8) is 0 Å². The van der Waals surface area contributed by atoms with Gasteiger partial charge in [-0.1, -0.05) is 17.7 Å². The molecule has 5 heteroatoms. The van der Waals surface area contributed by atoms with Crippen molar-refractivity contribution >= 4 is 5.91 Å². The standard InChI is InChI=1S/C19H30N2O3/c1-15-4-6-18(7-5-15)24-14-17(22)13-21-10-8-16(9-11-21)12-19(23)20(2)3/h4-7,16-17,22H,8-14H2,1-3H3. The highest BCUT2D eigenvalue weighted by atomic mass is 16.5. The quantitative estimate of drug-likeness (QED) is 0.828. The molecule has 1 saturated heterocycles. The molecular formula is C19H30N2O3. The van der Waals surface area contributed by atoms with Crippen molar-refractivity contribution in [3.05, 3.63) is 29.8 Å². The number of hydrogen-bond donors (Lipinski definition) is 1. The normalized spacial score (nSPS) is 17.5. The Kier molecular flexibility index (Phi) is 7.06. The number of carbonyl (C=O) groups excluding carboxylic acids is 1. The summed E-state index contributed by atoms with van der Waals surface area (Å²) in [4.78, 5) is 15.7. The summed E-state index contributed by atoms with van der Waals surface area (Å²) in [6, 6.07) is 7.85. The van der Waals surface area contributed by atoms with Crippen LogP contribution in [0.2, 0.25) is 0 Å². The average Bonchev–Trinajstić information content (AvgIpc) is 2.56. The Morgan fingerprint density at radius 1 is 1.29 bits per heavy atom. The molecule has 1 aliphatic rings. The number of aryl methyl sites for hydroxylation is 1. The maximum atomic E-state index is 11.8. The second kappa shape index (κ2) is 9.04. The van der Waals surface area contributed by atoms with Crippen molar-refractivity contribution in [1.29, 1.82) is 0 Å². The molecule has 24 heavy (non-hydrogen) atoms. The van der Waals surface area contributed by atoms with Gasteiger partial charge in [-0.25, -0.2) is 0 Å². The Morgan fingerprint density at radius 2 is 1.92 bits per heavy atom. The Labute approximate surface area is 145 Å². The van der Waals surface area contributed by atoms with Crippen LogP contribution in [0, 0.1) is 12.8 Å². The molecule has 0 saturated carbocycles. The number of hydrogen-bond acceptors (Lipinski definition) is 4. The first kappa shape index (κ1) is 18.7. The summed E-state index contributed by atoms with van der Waals surface area (Å²) < 4.78 is 5.64. The molecule has 1 aliphatic heterocycles. The van der Waals surface area contributed by atoms with Gasteiger partial charge in [0.25, 0.3) is 0 Å². The van der Waals surface area contributed by atoms with Crippen LogP contribution >= 0.6 is 0 Å². The number of carbonyl (C=O) groups is 1. The van der Waals surface area contributed by atoms with Crippen LogP contribution in [0.1, 0.15) is 24.8 Å². The Balaban J connectivity index is 1.65. The highest BCUT2D eigenvalue weighted by Gasteiger charge is 2.23. The van der Waals surface area contributed by atoms with E-state index in [2.05, 4.69) is 4.90 Å². The number of rotatable bonds is 7. The van der Waals surface area contributed by atoms with Gasteiger partial charge in [-0.2, -0.15) is 0 Å². The lowest BCUT2D eigenvalue weighted by atomic mass is 9.93. The summed E-state index contributed by atoms with van der Waals surface area (Å²) in [5, 5.41) is 10.2. The van der Waals surface area contributed by atoms with Crippen LogP contribution in [0.4, 0.5) is 0 Å². The first-order chi connectivity index (χ1) is 11.4. The van der Waals surface area contributed by atoms with Gasteiger partial charge in [0.1, 0.15) is 18.5 Å². The maximum Gasteiger partial charge on any atom is 0.222 e. The number of piperidine rings is 1. The van der Waals surface area contributed by atoms with E-state index < -0.39 is 6.10 Å². The summed E-state index contributed by atoms with van der Waals surface area (Å²) in [7, 11) is 3.61. The summed E-state index contributed by atoms with van der Waals surface area (Å²) in [5.41, 5.74) is 1.19. The summed E-state index contributed by atoms with van der Waals surface area (Å²) >= 11 is 0. The number of amides is 1. The van der Waals surface area contributed by atoms with Crippen molar-refractivity contribution in [2.45, 2.75) is 32.3 Å². The van der Waals surface area contributed by atoms with Gasteiger partial charge in [0.05, 0.1) is 0 Å². The van der Waals surface area contributed by atoms with Gasteiger partial charge in [-0.05, 0) is 50.9 Å². The second-order valence-electron chi connectivity index (χ2n) is 7.01. The largest absolute Gasteiger partial charge is 0.491 e. The topological polar surface area (TPSA) is 53.0 Å². The predicted molar refractivity (Wildman–Crippen MR) is 95.2 cm³/mol. The van der Waals surface area contributed by atoms with E-state index in [0.29, 0.717) is 25.5 Å². The van der Waals surface area contributed by atoms with Gasteiger partial charge in [0, 0.05) is 27.1 Å². The van der Waals surface area contributed by atoms with Crippen molar-refractivity contribution in [2.24, 2.45) is 5.92 Å². The fourth-order valence-corrected chi connectivity index (χ4v) is 2.98. The number of nitrogens with zero attached hydrogens (tertiary/aromatic N) is 2. The van der Waals surface area contributed by atoms with Crippen molar-refractivity contribution in [3.8, 4) is 5.75 Å². The van der Waals surface area contributed by atoms with Gasteiger partial charge >= 0.3 is 0 Å². The van der Waals surface area contributed by atoms with E-state index in [1.165, 1.54) is 5.56 Å². The molecular weight excluding hydrogens is 304 g/mol. The first-order valence-electron chi connectivity index (χ1n) is 8.74. The van der Waals surface area contributed by atoms with Gasteiger partial charge in [-0.15, -0.1) is 0 Å². The van der Waals surface area contributed by atoms with Crippen molar-refractivity contribution < 1.29 is 14.6 Å². The van der Waals surface area contributed by atoms with Crippen LogP contribution in [0.25, 0.3) is 0 Å². The summed E-state index contributed by atoms with van der Waals surface area (Å²) in [6.45, 7) is 4.84. The minimum atomic E-state index is -0.494. The fraction of sp³-hybridized carbons (Fsp3) is 0.632. The Morgan fingerprint density at radius 3 is 2.50 bits per heavy atom. The van der Waals surface area contributed by atoms with Gasteiger partial charge < -0.3 is 19.6 Å². The number of aliphatic hydroxyl groups is 1. The zero-order chi connectivity index (χ0) is 17.5. The minimum Gasteiger partial charge on any atom is -0.491 e. The van der Waals surface area contributed by atoms with E-state index in [1.807, 2.05) is 45.3 Å². The number of aliphatic hydroxyl groups excluding tert-OH is 1. The lowest BCUT2D eigenvalue weighted by Gasteiger charge is -2.33. The molecule has 1 aromatic carbocycles. The van der Waals surface area contributed by atoms with Crippen LogP contribution in [0.15, 0.2) is 24.3 Å². The van der Waals surface area contributed by atoms with Crippen LogP contribution < -0.4 is 4.74 Å². The van der Waals surface area contributed by atoms with Crippen molar-refractivity contribution in [2.75, 3.05) is 40.3 Å². The van der Waals surface area contributed by atoms with Crippen LogP contribution in [0.5, 0.6) is 5.75 Å². The van der Waals surface area contributed by atoms with Gasteiger partial charge in [0.2, 0.25) is 5.91 Å². The zero-order valence-corrected chi connectivity index (χ0v) is 15.1. The Hall–Kier alpha value is -1.59. The lowest BCUT2D eigenvalue weighted by Crippen LogP contribution is -2.41. The van der Waals surface area contributed by atoms with E-state index in [9.17, 15) is 9.90 Å². The average molecular weight is 334 g/mol. The molecule has 1 amide bonds. The SMILES string of the molecule is Cc1ccc(OCC(O)CN2CCC(CC(=O)N(C)C)CC2)cc1. The van der Waals surface area contributed by atoms with E-state index in [-0.39, 0.29) is 5.91 Å². The maximum absolute atomic E-state index is 11.8. The van der Waals surface area contributed by atoms with Crippen LogP contribution in [-0.4, -0.2) is 67.3 Å². The third-order valence-corrected chi connectivity index (χ3v) is 4.60. The summed E-state index contributed by atoms with van der Waals surface area (Å²) in [5.74, 6) is 1.47. The molecule has 1 N–H and O–H groups in total. The monoisotopic (exact) mass is 334 g/mol. The van der Waals surface area contributed by atoms with Gasteiger partial charge in [-0.3, -0.25) is 4.79 Å². The molecule has 0 spiro atoms. The molecule has 1 aromatic rings. The molecule has 5 nitrogen and oxygen atoms in total. The molecule has 1 unspecified atom stereocenters. The molecule has 0 radical (unpaired) electrons. The van der Waals surface area contributed by atoms with Crippen LogP contribution in [0.3, 0.4) is 0 Å². The number of likely N-dealkylation sites (tertiary alicyclic amines) is 1. The smallest absolute Gasteiger partial charge is 0.222 e. The van der Waals surface area contributed by atoms with Gasteiger partial charge in [0.15, 0.2) is 0 Å². The zero-order valence-electron chi connectivity index (χ0n) is 15.1. The molecule has 0 aromatic heterocycles. The second-order valence-corrected chi connectivity index (χ2v) is 7.01. The number of ether oxygens (including phenoxy) is 1. The minimum absolute atomic E-state index is 0.208. The van der Waals surface area contributed by atoms with Crippen LogP contribution in [-0.2, 0) is 4.79 Å². The fourth-order valence-electron chi connectivity index (χ4n) is 2.98. The molecule has 2 rings (SSSR count).